The van der Waals surface area contributed by atoms with E-state index in [9.17, 15) is 18.0 Å². The molecule has 2 aromatic carbocycles. The maximum atomic E-state index is 13.3. The second-order valence-electron chi connectivity index (χ2n) is 7.39. The van der Waals surface area contributed by atoms with Gasteiger partial charge < -0.3 is 14.2 Å². The monoisotopic (exact) mass is 421 g/mol. The lowest BCUT2D eigenvalue weighted by Gasteiger charge is -2.29. The third-order valence-corrected chi connectivity index (χ3v) is 5.33. The van der Waals surface area contributed by atoms with E-state index in [4.69, 9.17) is 14.2 Å². The molecule has 2 atom stereocenters. The first-order valence-electron chi connectivity index (χ1n) is 9.86. The summed E-state index contributed by atoms with van der Waals surface area (Å²) < 4.78 is 55.7. The van der Waals surface area contributed by atoms with Gasteiger partial charge in [-0.1, -0.05) is 30.3 Å². The van der Waals surface area contributed by atoms with E-state index in [1.807, 2.05) is 0 Å². The zero-order valence-electron chi connectivity index (χ0n) is 16.2. The minimum Gasteiger partial charge on any atom is -0.493 e. The number of carbonyl (C=O) groups is 1. The molecule has 0 aromatic heterocycles. The molecule has 2 aromatic rings. The van der Waals surface area contributed by atoms with E-state index in [0.29, 0.717) is 17.9 Å². The number of hydrogen-bond acceptors (Lipinski definition) is 4. The molecule has 1 saturated heterocycles. The van der Waals surface area contributed by atoms with Crippen molar-refractivity contribution >= 4 is 11.8 Å². The van der Waals surface area contributed by atoms with Crippen molar-refractivity contribution in [3.05, 3.63) is 59.7 Å². The van der Waals surface area contributed by atoms with E-state index in [1.54, 1.807) is 53.4 Å². The molecule has 0 spiro atoms. The van der Waals surface area contributed by atoms with Gasteiger partial charge in [0.05, 0.1) is 24.9 Å². The van der Waals surface area contributed by atoms with E-state index in [1.165, 1.54) is 0 Å². The summed E-state index contributed by atoms with van der Waals surface area (Å²) in [6.45, 7) is 0.140. The SMILES string of the molecule is O=C1OCC2CCc3cc(OCCC(OCc4ccccc4)C(F)(F)F)ccc3N12. The predicted molar refractivity (Wildman–Crippen MR) is 104 cm³/mol. The summed E-state index contributed by atoms with van der Waals surface area (Å²) in [6.07, 6.45) is -5.51. The first kappa shape index (κ1) is 20.5. The van der Waals surface area contributed by atoms with Gasteiger partial charge >= 0.3 is 12.3 Å². The molecule has 8 heteroatoms. The fourth-order valence-corrected chi connectivity index (χ4v) is 3.77. The largest absolute Gasteiger partial charge is 0.493 e. The van der Waals surface area contributed by atoms with Crippen LogP contribution in [-0.4, -0.2) is 37.6 Å². The standard InChI is InChI=1S/C22H22F3NO4/c23-22(24,25)20(29-13-15-4-2-1-3-5-15)10-11-28-18-8-9-19-16(12-18)6-7-17-14-30-21(27)26(17)19/h1-5,8-9,12,17,20H,6-7,10-11,13-14H2. The molecule has 1 amide bonds. The van der Waals surface area contributed by atoms with E-state index in [0.717, 1.165) is 24.1 Å². The van der Waals surface area contributed by atoms with Gasteiger partial charge in [0.2, 0.25) is 0 Å². The minimum absolute atomic E-state index is 0.0473. The van der Waals surface area contributed by atoms with Gasteiger partial charge in [0.15, 0.2) is 6.10 Å². The zero-order valence-corrected chi connectivity index (χ0v) is 16.2. The lowest BCUT2D eigenvalue weighted by Crippen LogP contribution is -2.37. The van der Waals surface area contributed by atoms with E-state index >= 15 is 0 Å². The summed E-state index contributed by atoms with van der Waals surface area (Å²) in [7, 11) is 0. The van der Waals surface area contributed by atoms with Crippen LogP contribution in [0.25, 0.3) is 0 Å². The molecule has 0 aliphatic carbocycles. The number of anilines is 1. The van der Waals surface area contributed by atoms with Crippen molar-refractivity contribution in [3.63, 3.8) is 0 Å². The van der Waals surface area contributed by atoms with Crippen LogP contribution in [0.3, 0.4) is 0 Å². The van der Waals surface area contributed by atoms with Gasteiger partial charge in [0, 0.05) is 6.42 Å². The Morgan fingerprint density at radius 1 is 1.17 bits per heavy atom. The number of hydrogen-bond donors (Lipinski definition) is 0. The summed E-state index contributed by atoms with van der Waals surface area (Å²) in [5.74, 6) is 0.476. The molecule has 2 aliphatic rings. The number of amides is 1. The van der Waals surface area contributed by atoms with Gasteiger partial charge in [-0.05, 0) is 42.2 Å². The molecular weight excluding hydrogens is 399 g/mol. The molecule has 0 radical (unpaired) electrons. The van der Waals surface area contributed by atoms with Crippen LogP contribution in [0.5, 0.6) is 5.75 Å². The lowest BCUT2D eigenvalue weighted by atomic mass is 9.97. The Labute approximate surface area is 172 Å². The molecule has 160 valence electrons. The number of cyclic esters (lactones) is 1. The third kappa shape index (κ3) is 4.53. The summed E-state index contributed by atoms with van der Waals surface area (Å²) >= 11 is 0. The number of benzene rings is 2. The van der Waals surface area contributed by atoms with Crippen molar-refractivity contribution in [2.75, 3.05) is 18.1 Å². The number of alkyl halides is 3. The van der Waals surface area contributed by atoms with Crippen LogP contribution >= 0.6 is 0 Å². The molecular formula is C22H22F3NO4. The van der Waals surface area contributed by atoms with Gasteiger partial charge in [0.1, 0.15) is 12.4 Å². The highest BCUT2D eigenvalue weighted by atomic mass is 19.4. The predicted octanol–water partition coefficient (Wildman–Crippen LogP) is 4.87. The van der Waals surface area contributed by atoms with Crippen molar-refractivity contribution in [1.29, 1.82) is 0 Å². The lowest BCUT2D eigenvalue weighted by molar-refractivity contribution is -0.226. The van der Waals surface area contributed by atoms with E-state index in [2.05, 4.69) is 0 Å². The Kier molecular flexibility index (Phi) is 5.85. The number of carbonyl (C=O) groups excluding carboxylic acids is 1. The van der Waals surface area contributed by atoms with Gasteiger partial charge in [-0.2, -0.15) is 13.2 Å². The molecule has 1 fully saturated rings. The van der Waals surface area contributed by atoms with Gasteiger partial charge in [-0.25, -0.2) is 4.79 Å². The van der Waals surface area contributed by atoms with Crippen molar-refractivity contribution in [2.24, 2.45) is 0 Å². The molecule has 2 aliphatic heterocycles. The normalized spacial score (nSPS) is 19.1. The van der Waals surface area contributed by atoms with Gasteiger partial charge in [-0.15, -0.1) is 0 Å². The number of fused-ring (bicyclic) bond motifs is 3. The van der Waals surface area contributed by atoms with Crippen LogP contribution in [0.4, 0.5) is 23.7 Å². The summed E-state index contributed by atoms with van der Waals surface area (Å²) in [4.78, 5) is 13.6. The molecule has 30 heavy (non-hydrogen) atoms. The Bertz CT molecular complexity index is 888. The van der Waals surface area contributed by atoms with Crippen molar-refractivity contribution < 1.29 is 32.2 Å². The molecule has 2 unspecified atom stereocenters. The smallest absolute Gasteiger partial charge is 0.414 e. The van der Waals surface area contributed by atoms with Crippen molar-refractivity contribution in [1.82, 2.24) is 0 Å². The van der Waals surface area contributed by atoms with Crippen molar-refractivity contribution in [2.45, 2.75) is 44.2 Å². The fraction of sp³-hybridized carbons (Fsp3) is 0.409. The average Bonchev–Trinajstić information content (AvgIpc) is 3.11. The fourth-order valence-electron chi connectivity index (χ4n) is 3.77. The maximum absolute atomic E-state index is 13.3. The molecule has 0 saturated carbocycles. The van der Waals surface area contributed by atoms with E-state index < -0.39 is 12.3 Å². The minimum atomic E-state index is -4.47. The van der Waals surface area contributed by atoms with Crippen LogP contribution < -0.4 is 9.64 Å². The average molecular weight is 421 g/mol. The first-order chi connectivity index (χ1) is 14.4. The Balaban J connectivity index is 1.35. The third-order valence-electron chi connectivity index (χ3n) is 5.33. The summed E-state index contributed by atoms with van der Waals surface area (Å²) in [5.41, 5.74) is 2.39. The second kappa shape index (κ2) is 8.55. The number of rotatable bonds is 7. The van der Waals surface area contributed by atoms with E-state index in [-0.39, 0.29) is 31.8 Å². The highest BCUT2D eigenvalue weighted by Crippen LogP contribution is 2.36. The molecule has 4 rings (SSSR count). The summed E-state index contributed by atoms with van der Waals surface area (Å²) in [6, 6.07) is 14.0. The maximum Gasteiger partial charge on any atom is 0.414 e. The van der Waals surface area contributed by atoms with Crippen LogP contribution in [-0.2, 0) is 22.5 Å². The van der Waals surface area contributed by atoms with Gasteiger partial charge in [0.25, 0.3) is 0 Å². The van der Waals surface area contributed by atoms with Crippen LogP contribution in [0.15, 0.2) is 48.5 Å². The van der Waals surface area contributed by atoms with Crippen LogP contribution in [0.1, 0.15) is 24.0 Å². The Morgan fingerprint density at radius 3 is 2.73 bits per heavy atom. The van der Waals surface area contributed by atoms with Crippen molar-refractivity contribution in [3.8, 4) is 5.75 Å². The summed E-state index contributed by atoms with van der Waals surface area (Å²) in [5, 5.41) is 0. The molecule has 0 N–H and O–H groups in total. The highest BCUT2D eigenvalue weighted by Gasteiger charge is 2.41. The van der Waals surface area contributed by atoms with Crippen LogP contribution in [0, 0.1) is 0 Å². The molecule has 0 bridgehead atoms. The van der Waals surface area contributed by atoms with Gasteiger partial charge in [-0.3, -0.25) is 4.90 Å². The molecule has 5 nitrogen and oxygen atoms in total. The highest BCUT2D eigenvalue weighted by molar-refractivity contribution is 5.92. The van der Waals surface area contributed by atoms with Crippen LogP contribution in [0.2, 0.25) is 0 Å². The number of halogens is 3. The zero-order chi connectivity index (χ0) is 21.1. The Morgan fingerprint density at radius 2 is 1.97 bits per heavy atom. The number of ether oxygens (including phenoxy) is 3. The first-order valence-corrected chi connectivity index (χ1v) is 9.86. The molecule has 2 heterocycles. The quantitative estimate of drug-likeness (QED) is 0.640. The second-order valence-corrected chi connectivity index (χ2v) is 7.39. The Hall–Kier alpha value is -2.74. The topological polar surface area (TPSA) is 48.0 Å². The number of aryl methyl sites for hydroxylation is 1. The number of nitrogens with zero attached hydrogens (tertiary/aromatic N) is 1.